The molecule has 0 bridgehead atoms. The molecule has 84 valence electrons. The van der Waals surface area contributed by atoms with Crippen molar-refractivity contribution in [2.75, 3.05) is 0 Å². The van der Waals surface area contributed by atoms with Crippen molar-refractivity contribution in [3.8, 4) is 5.75 Å². The van der Waals surface area contributed by atoms with E-state index >= 15 is 0 Å². The third-order valence-electron chi connectivity index (χ3n) is 2.98. The Kier molecular flexibility index (Phi) is 2.41. The first-order valence-corrected chi connectivity index (χ1v) is 5.66. The summed E-state index contributed by atoms with van der Waals surface area (Å²) in [6.07, 6.45) is 0.578. The molecule has 1 aliphatic carbocycles. The molecule has 2 nitrogen and oxygen atoms in total. The number of hydrogen-bond acceptors (Lipinski definition) is 2. The molecule has 0 atom stereocenters. The number of Topliss-reactive ketones (excluding diaryl/α,β-unsaturated/α-hetero) is 1. The van der Waals surface area contributed by atoms with E-state index in [2.05, 4.69) is 0 Å². The highest BCUT2D eigenvalue weighted by Gasteiger charge is 2.23. The fourth-order valence-corrected chi connectivity index (χ4v) is 1.96. The molecule has 2 heteroatoms. The zero-order chi connectivity index (χ0) is 11.7. The van der Waals surface area contributed by atoms with Gasteiger partial charge in [0.25, 0.3) is 0 Å². The van der Waals surface area contributed by atoms with Crippen molar-refractivity contribution in [1.82, 2.24) is 0 Å². The Labute approximate surface area is 99.9 Å². The van der Waals surface area contributed by atoms with Gasteiger partial charge in [0.2, 0.25) is 0 Å². The summed E-state index contributed by atoms with van der Waals surface area (Å²) >= 11 is 0. The van der Waals surface area contributed by atoms with Crippen molar-refractivity contribution in [2.24, 2.45) is 0 Å². The van der Waals surface area contributed by atoms with Gasteiger partial charge in [0.1, 0.15) is 12.4 Å². The molecule has 0 saturated heterocycles. The van der Waals surface area contributed by atoms with Gasteiger partial charge in [-0.15, -0.1) is 0 Å². The Hall–Kier alpha value is -2.09. The highest BCUT2D eigenvalue weighted by Crippen LogP contribution is 2.27. The summed E-state index contributed by atoms with van der Waals surface area (Å²) in [6.45, 7) is 0.536. The van der Waals surface area contributed by atoms with Gasteiger partial charge in [0.05, 0.1) is 0 Å². The first kappa shape index (κ1) is 10.1. The van der Waals surface area contributed by atoms with E-state index in [9.17, 15) is 4.79 Å². The largest absolute Gasteiger partial charge is 0.489 e. The van der Waals surface area contributed by atoms with Crippen LogP contribution in [0.15, 0.2) is 48.5 Å². The number of ether oxygens (including phenoxy) is 1. The molecular weight excluding hydrogens is 212 g/mol. The maximum atomic E-state index is 11.3. The first-order chi connectivity index (χ1) is 8.33. The maximum Gasteiger partial charge on any atom is 0.167 e. The molecule has 0 spiro atoms. The molecule has 2 aromatic rings. The lowest BCUT2D eigenvalue weighted by molar-refractivity contribution is 0.0967. The lowest BCUT2D eigenvalue weighted by Crippen LogP contribution is -2.18. The average molecular weight is 224 g/mol. The number of rotatable bonds is 3. The summed E-state index contributed by atoms with van der Waals surface area (Å²) in [6, 6.07) is 15.7. The Morgan fingerprint density at radius 3 is 2.65 bits per heavy atom. The van der Waals surface area contributed by atoms with E-state index in [0.717, 1.165) is 22.4 Å². The molecule has 3 rings (SSSR count). The SMILES string of the molecule is O=C1Cc2ccc(OCc3ccccc3)cc21. The van der Waals surface area contributed by atoms with Crippen LogP contribution < -0.4 is 4.74 Å². The van der Waals surface area contributed by atoms with Crippen molar-refractivity contribution in [2.45, 2.75) is 13.0 Å². The number of carbonyl (C=O) groups is 1. The lowest BCUT2D eigenvalue weighted by atomic mass is 9.87. The van der Waals surface area contributed by atoms with Crippen LogP contribution in [-0.4, -0.2) is 5.78 Å². The van der Waals surface area contributed by atoms with E-state index in [1.54, 1.807) is 0 Å². The van der Waals surface area contributed by atoms with Crippen LogP contribution in [0.1, 0.15) is 21.5 Å². The highest BCUT2D eigenvalue weighted by molar-refractivity contribution is 6.06. The number of ketones is 1. The van der Waals surface area contributed by atoms with Gasteiger partial charge in [-0.05, 0) is 23.3 Å². The summed E-state index contributed by atoms with van der Waals surface area (Å²) in [5.41, 5.74) is 3.07. The van der Waals surface area contributed by atoms with E-state index < -0.39 is 0 Å². The normalized spacial score (nSPS) is 12.8. The topological polar surface area (TPSA) is 26.3 Å². The molecule has 17 heavy (non-hydrogen) atoms. The van der Waals surface area contributed by atoms with Crippen LogP contribution in [0.25, 0.3) is 0 Å². The second-order valence-corrected chi connectivity index (χ2v) is 4.19. The molecule has 0 N–H and O–H groups in total. The smallest absolute Gasteiger partial charge is 0.167 e. The van der Waals surface area contributed by atoms with Crippen LogP contribution in [0.5, 0.6) is 5.75 Å². The lowest BCUT2D eigenvalue weighted by Gasteiger charge is -2.18. The van der Waals surface area contributed by atoms with Crippen LogP contribution in [0.2, 0.25) is 0 Å². The van der Waals surface area contributed by atoms with Crippen LogP contribution >= 0.6 is 0 Å². The van der Waals surface area contributed by atoms with Crippen molar-refractivity contribution in [1.29, 1.82) is 0 Å². The van der Waals surface area contributed by atoms with Gasteiger partial charge in [-0.25, -0.2) is 0 Å². The number of benzene rings is 2. The quantitative estimate of drug-likeness (QED) is 0.801. The first-order valence-electron chi connectivity index (χ1n) is 5.66. The molecule has 0 saturated carbocycles. The predicted octanol–water partition coefficient (Wildman–Crippen LogP) is 3.00. The van der Waals surface area contributed by atoms with Gasteiger partial charge >= 0.3 is 0 Å². The molecule has 2 aromatic carbocycles. The van der Waals surface area contributed by atoms with E-state index in [0.29, 0.717) is 13.0 Å². The summed E-state index contributed by atoms with van der Waals surface area (Å²) in [4.78, 5) is 11.3. The molecule has 0 unspecified atom stereocenters. The minimum absolute atomic E-state index is 0.213. The second kappa shape index (κ2) is 4.06. The van der Waals surface area contributed by atoms with Gasteiger partial charge < -0.3 is 4.74 Å². The Morgan fingerprint density at radius 2 is 1.88 bits per heavy atom. The molecule has 0 fully saturated rings. The van der Waals surface area contributed by atoms with E-state index in [1.165, 1.54) is 0 Å². The van der Waals surface area contributed by atoms with Crippen LogP contribution in [0, 0.1) is 0 Å². The Bertz CT molecular complexity index is 558. The van der Waals surface area contributed by atoms with Crippen molar-refractivity contribution in [3.63, 3.8) is 0 Å². The van der Waals surface area contributed by atoms with Crippen LogP contribution in [-0.2, 0) is 13.0 Å². The maximum absolute atomic E-state index is 11.3. The highest BCUT2D eigenvalue weighted by atomic mass is 16.5. The minimum atomic E-state index is 0.213. The predicted molar refractivity (Wildman–Crippen MR) is 65.3 cm³/mol. The third kappa shape index (κ3) is 1.94. The summed E-state index contributed by atoms with van der Waals surface area (Å²) in [7, 11) is 0. The standard InChI is InChI=1S/C15H12O2/c16-15-8-12-6-7-13(9-14(12)15)17-10-11-4-2-1-3-5-11/h1-7,9H,8,10H2. The molecule has 0 aliphatic heterocycles. The Morgan fingerprint density at radius 1 is 1.06 bits per heavy atom. The number of carbonyl (C=O) groups excluding carboxylic acids is 1. The summed E-state index contributed by atoms with van der Waals surface area (Å²) in [5.74, 6) is 0.978. The van der Waals surface area contributed by atoms with Gasteiger partial charge in [-0.3, -0.25) is 4.79 Å². The molecule has 0 amide bonds. The molecular formula is C15H12O2. The van der Waals surface area contributed by atoms with Crippen molar-refractivity contribution < 1.29 is 9.53 Å². The number of hydrogen-bond donors (Lipinski definition) is 0. The molecule has 1 aliphatic rings. The molecule has 0 radical (unpaired) electrons. The van der Waals surface area contributed by atoms with E-state index in [-0.39, 0.29) is 5.78 Å². The average Bonchev–Trinajstić information content (AvgIpc) is 2.37. The van der Waals surface area contributed by atoms with Gasteiger partial charge in [0, 0.05) is 12.0 Å². The zero-order valence-corrected chi connectivity index (χ0v) is 9.35. The van der Waals surface area contributed by atoms with Gasteiger partial charge in [0.15, 0.2) is 5.78 Å². The molecule has 0 heterocycles. The molecule has 0 aromatic heterocycles. The van der Waals surface area contributed by atoms with Gasteiger partial charge in [-0.1, -0.05) is 36.4 Å². The van der Waals surface area contributed by atoms with Crippen molar-refractivity contribution >= 4 is 5.78 Å². The zero-order valence-electron chi connectivity index (χ0n) is 9.35. The summed E-state index contributed by atoms with van der Waals surface area (Å²) in [5, 5.41) is 0. The fourth-order valence-electron chi connectivity index (χ4n) is 1.96. The summed E-state index contributed by atoms with van der Waals surface area (Å²) < 4.78 is 5.66. The monoisotopic (exact) mass is 224 g/mol. The van der Waals surface area contributed by atoms with Crippen LogP contribution in [0.4, 0.5) is 0 Å². The number of fused-ring (bicyclic) bond motifs is 1. The van der Waals surface area contributed by atoms with E-state index in [1.807, 2.05) is 48.5 Å². The van der Waals surface area contributed by atoms with Crippen molar-refractivity contribution in [3.05, 3.63) is 65.2 Å². The van der Waals surface area contributed by atoms with Gasteiger partial charge in [-0.2, -0.15) is 0 Å². The fraction of sp³-hybridized carbons (Fsp3) is 0.133. The minimum Gasteiger partial charge on any atom is -0.489 e. The third-order valence-corrected chi connectivity index (χ3v) is 2.98. The second-order valence-electron chi connectivity index (χ2n) is 4.19. The van der Waals surface area contributed by atoms with E-state index in [4.69, 9.17) is 4.74 Å². The Balaban J connectivity index is 1.72. The van der Waals surface area contributed by atoms with Crippen LogP contribution in [0.3, 0.4) is 0 Å².